The topological polar surface area (TPSA) is 64.4 Å². The molecular weight excluding hydrogens is 362 g/mol. The SMILES string of the molecule is Cn1cnc(S(=O)(=O)N2CC(Oc3ccccc3)C(c3ccccc3)C2)c1. The van der Waals surface area contributed by atoms with E-state index in [9.17, 15) is 8.42 Å². The Kier molecular flexibility index (Phi) is 4.72. The van der Waals surface area contributed by atoms with Crippen LogP contribution in [-0.2, 0) is 17.1 Å². The highest BCUT2D eigenvalue weighted by molar-refractivity contribution is 7.89. The van der Waals surface area contributed by atoms with Crippen LogP contribution >= 0.6 is 0 Å². The molecule has 7 heteroatoms. The van der Waals surface area contributed by atoms with E-state index in [-0.39, 0.29) is 23.6 Å². The molecule has 27 heavy (non-hydrogen) atoms. The van der Waals surface area contributed by atoms with E-state index < -0.39 is 10.0 Å². The average Bonchev–Trinajstić information content (AvgIpc) is 3.31. The summed E-state index contributed by atoms with van der Waals surface area (Å²) in [7, 11) is -1.91. The van der Waals surface area contributed by atoms with Gasteiger partial charge in [0.1, 0.15) is 11.9 Å². The van der Waals surface area contributed by atoms with E-state index in [0.29, 0.717) is 6.54 Å². The van der Waals surface area contributed by atoms with Crippen molar-refractivity contribution in [2.75, 3.05) is 13.1 Å². The third kappa shape index (κ3) is 3.61. The number of aromatic nitrogens is 2. The van der Waals surface area contributed by atoms with Crippen LogP contribution in [0.2, 0.25) is 0 Å². The molecule has 1 aromatic heterocycles. The van der Waals surface area contributed by atoms with Gasteiger partial charge in [-0.25, -0.2) is 13.4 Å². The average molecular weight is 383 g/mol. The van der Waals surface area contributed by atoms with Crippen molar-refractivity contribution in [2.24, 2.45) is 7.05 Å². The first-order valence-corrected chi connectivity index (χ1v) is 10.2. The third-order valence-corrected chi connectivity index (χ3v) is 6.49. The number of rotatable bonds is 5. The van der Waals surface area contributed by atoms with Crippen molar-refractivity contribution in [1.82, 2.24) is 13.9 Å². The Labute approximate surface area is 159 Å². The fourth-order valence-electron chi connectivity index (χ4n) is 3.40. The number of ether oxygens (including phenoxy) is 1. The maximum atomic E-state index is 13.0. The predicted molar refractivity (Wildman–Crippen MR) is 102 cm³/mol. The molecule has 2 heterocycles. The molecule has 1 aliphatic heterocycles. The molecule has 0 saturated carbocycles. The van der Waals surface area contributed by atoms with E-state index in [4.69, 9.17) is 4.74 Å². The summed E-state index contributed by atoms with van der Waals surface area (Å²) >= 11 is 0. The van der Waals surface area contributed by atoms with Gasteiger partial charge in [-0.1, -0.05) is 48.5 Å². The lowest BCUT2D eigenvalue weighted by atomic mass is 9.96. The Morgan fingerprint density at radius 1 is 1.00 bits per heavy atom. The van der Waals surface area contributed by atoms with E-state index in [1.807, 2.05) is 60.7 Å². The number of benzene rings is 2. The smallest absolute Gasteiger partial charge is 0.262 e. The summed E-state index contributed by atoms with van der Waals surface area (Å²) in [6, 6.07) is 19.4. The molecule has 140 valence electrons. The van der Waals surface area contributed by atoms with Gasteiger partial charge < -0.3 is 9.30 Å². The molecule has 0 N–H and O–H groups in total. The molecule has 4 rings (SSSR count). The van der Waals surface area contributed by atoms with Crippen molar-refractivity contribution in [3.63, 3.8) is 0 Å². The first kappa shape index (κ1) is 17.8. The summed E-state index contributed by atoms with van der Waals surface area (Å²) in [5.74, 6) is 0.686. The van der Waals surface area contributed by atoms with Gasteiger partial charge in [0.15, 0.2) is 5.03 Å². The van der Waals surface area contributed by atoms with Gasteiger partial charge in [-0.05, 0) is 17.7 Å². The molecule has 0 aliphatic carbocycles. The highest BCUT2D eigenvalue weighted by atomic mass is 32.2. The molecule has 2 unspecified atom stereocenters. The number of hydrogen-bond acceptors (Lipinski definition) is 4. The molecule has 6 nitrogen and oxygen atoms in total. The Balaban J connectivity index is 1.64. The molecule has 0 spiro atoms. The van der Waals surface area contributed by atoms with Gasteiger partial charge in [0, 0.05) is 25.7 Å². The fraction of sp³-hybridized carbons (Fsp3) is 0.250. The van der Waals surface area contributed by atoms with Crippen LogP contribution in [0.15, 0.2) is 78.2 Å². The molecule has 2 atom stereocenters. The zero-order valence-electron chi connectivity index (χ0n) is 15.0. The Bertz CT molecular complexity index is 1000. The minimum absolute atomic E-state index is 0.0510. The monoisotopic (exact) mass is 383 g/mol. The van der Waals surface area contributed by atoms with Crippen LogP contribution in [0.25, 0.3) is 0 Å². The van der Waals surface area contributed by atoms with E-state index >= 15 is 0 Å². The molecule has 1 saturated heterocycles. The van der Waals surface area contributed by atoms with Crippen molar-refractivity contribution >= 4 is 10.0 Å². The summed E-state index contributed by atoms with van der Waals surface area (Å²) in [5, 5.41) is 0.0668. The van der Waals surface area contributed by atoms with E-state index in [2.05, 4.69) is 4.98 Å². The Hall–Kier alpha value is -2.64. The lowest BCUT2D eigenvalue weighted by Crippen LogP contribution is -2.31. The lowest BCUT2D eigenvalue weighted by molar-refractivity contribution is 0.199. The second-order valence-electron chi connectivity index (χ2n) is 6.69. The maximum Gasteiger partial charge on any atom is 0.262 e. The van der Waals surface area contributed by atoms with Gasteiger partial charge in [-0.2, -0.15) is 4.31 Å². The van der Waals surface area contributed by atoms with Gasteiger partial charge >= 0.3 is 0 Å². The predicted octanol–water partition coefficient (Wildman–Crippen LogP) is 2.66. The van der Waals surface area contributed by atoms with Crippen molar-refractivity contribution in [3.05, 3.63) is 78.8 Å². The zero-order valence-corrected chi connectivity index (χ0v) is 15.8. The summed E-state index contributed by atoms with van der Waals surface area (Å²) in [5.41, 5.74) is 1.07. The Morgan fingerprint density at radius 2 is 1.67 bits per heavy atom. The van der Waals surface area contributed by atoms with Gasteiger partial charge in [-0.3, -0.25) is 0 Å². The second kappa shape index (κ2) is 7.17. The van der Waals surface area contributed by atoms with Gasteiger partial charge in [0.2, 0.25) is 0 Å². The largest absolute Gasteiger partial charge is 0.488 e. The minimum Gasteiger partial charge on any atom is -0.488 e. The van der Waals surface area contributed by atoms with Crippen LogP contribution in [0.3, 0.4) is 0 Å². The fourth-order valence-corrected chi connectivity index (χ4v) is 4.85. The van der Waals surface area contributed by atoms with Crippen LogP contribution in [0.5, 0.6) is 5.75 Å². The molecule has 1 fully saturated rings. The van der Waals surface area contributed by atoms with Crippen LogP contribution in [0.1, 0.15) is 11.5 Å². The first-order valence-electron chi connectivity index (χ1n) is 8.79. The number of imidazole rings is 1. The molecule has 0 bridgehead atoms. The molecular formula is C20H21N3O3S. The van der Waals surface area contributed by atoms with Crippen LogP contribution < -0.4 is 4.74 Å². The Morgan fingerprint density at radius 3 is 2.30 bits per heavy atom. The number of aryl methyl sites for hydroxylation is 1. The van der Waals surface area contributed by atoms with Crippen molar-refractivity contribution < 1.29 is 13.2 Å². The van der Waals surface area contributed by atoms with Crippen LogP contribution in [0.4, 0.5) is 0 Å². The highest BCUT2D eigenvalue weighted by Gasteiger charge is 2.42. The number of sulfonamides is 1. The van der Waals surface area contributed by atoms with Crippen molar-refractivity contribution in [3.8, 4) is 5.75 Å². The standard InChI is InChI=1S/C20H21N3O3S/c1-22-14-20(21-15-22)27(24,25)23-12-18(16-8-4-2-5-9-16)19(13-23)26-17-10-6-3-7-11-17/h2-11,14-15,18-19H,12-13H2,1H3. The number of para-hydroxylation sites is 1. The third-order valence-electron chi connectivity index (χ3n) is 4.78. The van der Waals surface area contributed by atoms with Gasteiger partial charge in [0.25, 0.3) is 10.0 Å². The molecule has 3 aromatic rings. The summed E-state index contributed by atoms with van der Waals surface area (Å²) in [4.78, 5) is 4.03. The normalized spacial score (nSPS) is 20.6. The molecule has 0 radical (unpaired) electrons. The van der Waals surface area contributed by atoms with E-state index in [1.165, 1.54) is 16.8 Å². The summed E-state index contributed by atoms with van der Waals surface area (Å²) in [6.07, 6.45) is 2.75. The minimum atomic E-state index is -3.66. The summed E-state index contributed by atoms with van der Waals surface area (Å²) in [6.45, 7) is 0.647. The quantitative estimate of drug-likeness (QED) is 0.679. The maximum absolute atomic E-state index is 13.0. The highest BCUT2D eigenvalue weighted by Crippen LogP contribution is 2.33. The second-order valence-corrected chi connectivity index (χ2v) is 8.57. The first-order chi connectivity index (χ1) is 13.0. The summed E-state index contributed by atoms with van der Waals surface area (Å²) < 4.78 is 35.3. The molecule has 1 aliphatic rings. The molecule has 2 aromatic carbocycles. The van der Waals surface area contributed by atoms with E-state index in [0.717, 1.165) is 11.3 Å². The number of hydrogen-bond donors (Lipinski definition) is 0. The van der Waals surface area contributed by atoms with Gasteiger partial charge in [0.05, 0.1) is 12.9 Å². The zero-order chi connectivity index (χ0) is 18.9. The van der Waals surface area contributed by atoms with E-state index in [1.54, 1.807) is 11.6 Å². The molecule has 0 amide bonds. The van der Waals surface area contributed by atoms with Crippen LogP contribution in [-0.4, -0.2) is 41.5 Å². The van der Waals surface area contributed by atoms with Crippen LogP contribution in [0, 0.1) is 0 Å². The van der Waals surface area contributed by atoms with Crippen molar-refractivity contribution in [1.29, 1.82) is 0 Å². The number of nitrogens with zero attached hydrogens (tertiary/aromatic N) is 3. The lowest BCUT2D eigenvalue weighted by Gasteiger charge is -2.20. The van der Waals surface area contributed by atoms with Crippen molar-refractivity contribution in [2.45, 2.75) is 17.0 Å². The van der Waals surface area contributed by atoms with Gasteiger partial charge in [-0.15, -0.1) is 0 Å².